The molecule has 0 radical (unpaired) electrons. The predicted molar refractivity (Wildman–Crippen MR) is 77.4 cm³/mol. The Hall–Kier alpha value is -1.80. The van der Waals surface area contributed by atoms with Crippen molar-refractivity contribution in [3.05, 3.63) is 59.1 Å². The van der Waals surface area contributed by atoms with Crippen molar-refractivity contribution in [1.29, 1.82) is 0 Å². The maximum atomic E-state index is 6.04. The Kier molecular flexibility index (Phi) is 3.03. The van der Waals surface area contributed by atoms with Crippen molar-refractivity contribution in [1.82, 2.24) is 0 Å². The number of benzene rings is 2. The Balaban J connectivity index is 2.10. The van der Waals surface area contributed by atoms with Crippen molar-refractivity contribution in [2.45, 2.75) is 0 Å². The van der Waals surface area contributed by atoms with Crippen LogP contribution in [0.3, 0.4) is 0 Å². The lowest BCUT2D eigenvalue weighted by atomic mass is 10.1. The lowest BCUT2D eigenvalue weighted by Gasteiger charge is -2.24. The molecule has 3 rings (SSSR count). The van der Waals surface area contributed by atoms with Crippen LogP contribution < -0.4 is 4.90 Å². The lowest BCUT2D eigenvalue weighted by molar-refractivity contribution is 0.935. The topological polar surface area (TPSA) is 15.6 Å². The summed E-state index contributed by atoms with van der Waals surface area (Å²) in [7, 11) is 0. The van der Waals surface area contributed by atoms with E-state index in [1.165, 1.54) is 5.69 Å². The van der Waals surface area contributed by atoms with Crippen LogP contribution in [0, 0.1) is 0 Å². The third-order valence-electron chi connectivity index (χ3n) is 3.03. The Labute approximate surface area is 112 Å². The predicted octanol–water partition coefficient (Wildman–Crippen LogP) is 3.91. The Morgan fingerprint density at radius 3 is 2.72 bits per heavy atom. The summed E-state index contributed by atoms with van der Waals surface area (Å²) < 4.78 is 0. The number of rotatable bonds is 1. The molecule has 0 saturated heterocycles. The van der Waals surface area contributed by atoms with Crippen LogP contribution in [0.1, 0.15) is 5.56 Å². The van der Waals surface area contributed by atoms with Gasteiger partial charge in [0.15, 0.2) is 0 Å². The molecule has 0 aromatic heterocycles. The molecule has 0 atom stereocenters. The molecule has 18 heavy (non-hydrogen) atoms. The molecule has 3 heteroatoms. The second kappa shape index (κ2) is 4.83. The lowest BCUT2D eigenvalue weighted by Crippen LogP contribution is -2.20. The molecule has 0 amide bonds. The van der Waals surface area contributed by atoms with Gasteiger partial charge in [0.05, 0.1) is 12.2 Å². The van der Waals surface area contributed by atoms with Crippen LogP contribution >= 0.6 is 11.6 Å². The van der Waals surface area contributed by atoms with E-state index in [0.29, 0.717) is 0 Å². The largest absolute Gasteiger partial charge is 0.339 e. The average Bonchev–Trinajstić information content (AvgIpc) is 2.61. The van der Waals surface area contributed by atoms with Crippen LogP contribution in [0.15, 0.2) is 53.5 Å². The van der Waals surface area contributed by atoms with Crippen molar-refractivity contribution < 1.29 is 0 Å². The van der Waals surface area contributed by atoms with Crippen LogP contribution in [0.25, 0.3) is 0 Å². The molecule has 0 fully saturated rings. The van der Waals surface area contributed by atoms with E-state index >= 15 is 0 Å². The van der Waals surface area contributed by atoms with Gasteiger partial charge in [-0.15, -0.1) is 0 Å². The number of benzodiazepines with no additional fused rings is 1. The first-order valence-corrected chi connectivity index (χ1v) is 6.34. The molecular formula is C15H13ClN2. The summed E-state index contributed by atoms with van der Waals surface area (Å²) in [6.07, 6.45) is 1.91. The molecule has 1 aliphatic rings. The molecule has 0 bridgehead atoms. The summed E-state index contributed by atoms with van der Waals surface area (Å²) in [5, 5.41) is 0.745. The summed E-state index contributed by atoms with van der Waals surface area (Å²) in [5.74, 6) is 0. The number of anilines is 2. The third-order valence-corrected chi connectivity index (χ3v) is 3.27. The van der Waals surface area contributed by atoms with Crippen molar-refractivity contribution in [2.75, 3.05) is 18.0 Å². The summed E-state index contributed by atoms with van der Waals surface area (Å²) in [6, 6.07) is 16.3. The molecule has 0 unspecified atom stereocenters. The monoisotopic (exact) mass is 256 g/mol. The smallest absolute Gasteiger partial charge is 0.0569 e. The van der Waals surface area contributed by atoms with Gasteiger partial charge >= 0.3 is 0 Å². The fraction of sp³-hybridized carbons (Fsp3) is 0.133. The SMILES string of the molecule is Clc1ccc2c(c1)C=NCCN2c1ccccc1. The van der Waals surface area contributed by atoms with Gasteiger partial charge in [0.1, 0.15) is 0 Å². The van der Waals surface area contributed by atoms with Gasteiger partial charge in [-0.1, -0.05) is 29.8 Å². The molecule has 1 heterocycles. The first-order chi connectivity index (χ1) is 8.84. The fourth-order valence-electron chi connectivity index (χ4n) is 2.19. The van der Waals surface area contributed by atoms with Crippen molar-refractivity contribution in [3.63, 3.8) is 0 Å². The van der Waals surface area contributed by atoms with Gasteiger partial charge in [-0.3, -0.25) is 4.99 Å². The Bertz CT molecular complexity index is 578. The number of hydrogen-bond acceptors (Lipinski definition) is 2. The molecule has 90 valence electrons. The van der Waals surface area contributed by atoms with Gasteiger partial charge in [-0.25, -0.2) is 0 Å². The molecule has 0 saturated carbocycles. The number of nitrogens with zero attached hydrogens (tertiary/aromatic N) is 2. The minimum absolute atomic E-state index is 0.745. The zero-order valence-electron chi connectivity index (χ0n) is 9.88. The standard InChI is InChI=1S/C15H13ClN2/c16-13-6-7-15-12(10-13)11-17-8-9-18(15)14-4-2-1-3-5-14/h1-7,10-11H,8-9H2. The first kappa shape index (κ1) is 11.3. The Morgan fingerprint density at radius 2 is 1.89 bits per heavy atom. The molecule has 2 nitrogen and oxygen atoms in total. The van der Waals surface area contributed by atoms with Crippen molar-refractivity contribution in [3.8, 4) is 0 Å². The summed E-state index contributed by atoms with van der Waals surface area (Å²) in [5.41, 5.74) is 3.42. The number of para-hydroxylation sites is 1. The summed E-state index contributed by atoms with van der Waals surface area (Å²) >= 11 is 6.04. The highest BCUT2D eigenvalue weighted by Gasteiger charge is 2.14. The second-order valence-corrected chi connectivity index (χ2v) is 4.66. The van der Waals surface area contributed by atoms with Gasteiger partial charge in [-0.05, 0) is 30.3 Å². The van der Waals surface area contributed by atoms with Crippen LogP contribution in [-0.2, 0) is 0 Å². The molecular weight excluding hydrogens is 244 g/mol. The maximum absolute atomic E-state index is 6.04. The highest BCUT2D eigenvalue weighted by molar-refractivity contribution is 6.31. The van der Waals surface area contributed by atoms with Gasteiger partial charge in [0.2, 0.25) is 0 Å². The van der Waals surface area contributed by atoms with Gasteiger partial charge < -0.3 is 4.90 Å². The molecule has 2 aromatic carbocycles. The van der Waals surface area contributed by atoms with Crippen molar-refractivity contribution in [2.24, 2.45) is 4.99 Å². The zero-order valence-corrected chi connectivity index (χ0v) is 10.6. The van der Waals surface area contributed by atoms with E-state index in [4.69, 9.17) is 11.6 Å². The van der Waals surface area contributed by atoms with E-state index in [-0.39, 0.29) is 0 Å². The molecule has 0 aliphatic carbocycles. The minimum Gasteiger partial charge on any atom is -0.339 e. The molecule has 0 N–H and O–H groups in total. The van der Waals surface area contributed by atoms with Gasteiger partial charge in [0.25, 0.3) is 0 Å². The van der Waals surface area contributed by atoms with Gasteiger partial charge in [0, 0.05) is 29.0 Å². The normalized spacial score (nSPS) is 14.2. The number of halogens is 1. The second-order valence-electron chi connectivity index (χ2n) is 4.23. The molecule has 2 aromatic rings. The van der Waals surface area contributed by atoms with Crippen LogP contribution in [-0.4, -0.2) is 19.3 Å². The van der Waals surface area contributed by atoms with Crippen LogP contribution in [0.5, 0.6) is 0 Å². The van der Waals surface area contributed by atoms with E-state index < -0.39 is 0 Å². The number of fused-ring (bicyclic) bond motifs is 1. The maximum Gasteiger partial charge on any atom is 0.0569 e. The quantitative estimate of drug-likeness (QED) is 0.755. The van der Waals surface area contributed by atoms with Crippen LogP contribution in [0.4, 0.5) is 11.4 Å². The van der Waals surface area contributed by atoms with E-state index in [0.717, 1.165) is 29.4 Å². The highest BCUT2D eigenvalue weighted by Crippen LogP contribution is 2.30. The van der Waals surface area contributed by atoms with Crippen molar-refractivity contribution >= 4 is 29.2 Å². The highest BCUT2D eigenvalue weighted by atomic mass is 35.5. The van der Waals surface area contributed by atoms with E-state index in [9.17, 15) is 0 Å². The summed E-state index contributed by atoms with van der Waals surface area (Å²) in [6.45, 7) is 1.68. The average molecular weight is 257 g/mol. The van der Waals surface area contributed by atoms with E-state index in [2.05, 4.69) is 40.2 Å². The van der Waals surface area contributed by atoms with Gasteiger partial charge in [-0.2, -0.15) is 0 Å². The summed E-state index contributed by atoms with van der Waals surface area (Å²) in [4.78, 5) is 6.68. The zero-order chi connectivity index (χ0) is 12.4. The fourth-order valence-corrected chi connectivity index (χ4v) is 2.37. The van der Waals surface area contributed by atoms with Crippen LogP contribution in [0.2, 0.25) is 5.02 Å². The van der Waals surface area contributed by atoms with E-state index in [1.807, 2.05) is 24.4 Å². The molecule has 1 aliphatic heterocycles. The third kappa shape index (κ3) is 2.12. The number of aliphatic imine (C=N–C) groups is 1. The molecule has 0 spiro atoms. The van der Waals surface area contributed by atoms with E-state index in [1.54, 1.807) is 0 Å². The minimum atomic E-state index is 0.745. The Morgan fingerprint density at radius 1 is 1.06 bits per heavy atom. The number of hydrogen-bond donors (Lipinski definition) is 0. The first-order valence-electron chi connectivity index (χ1n) is 5.96.